The molecule has 9 heteroatoms. The molecule has 1 saturated heterocycles. The van der Waals surface area contributed by atoms with Gasteiger partial charge in [-0.25, -0.2) is 19.7 Å². The van der Waals surface area contributed by atoms with Crippen LogP contribution < -0.4 is 10.1 Å². The van der Waals surface area contributed by atoms with Gasteiger partial charge in [-0.3, -0.25) is 4.98 Å². The number of nitrogens with one attached hydrogen (secondary N) is 1. The first-order valence-electron chi connectivity index (χ1n) is 10.8. The van der Waals surface area contributed by atoms with Crippen LogP contribution >= 0.6 is 12.4 Å². The SMILES string of the molecule is Cc1cc(-c2nccnc2OC2CCNCC2)ccn1.Cl.O=C(O)c1nccc2ccccc12. The van der Waals surface area contributed by atoms with Crippen molar-refractivity contribution >= 4 is 29.1 Å². The van der Waals surface area contributed by atoms with Crippen LogP contribution in [0.4, 0.5) is 0 Å². The lowest BCUT2D eigenvalue weighted by molar-refractivity contribution is 0.0693. The molecule has 8 nitrogen and oxygen atoms in total. The van der Waals surface area contributed by atoms with E-state index in [0.717, 1.165) is 48.3 Å². The zero-order chi connectivity index (χ0) is 23.0. The highest BCUT2D eigenvalue weighted by atomic mass is 35.5. The van der Waals surface area contributed by atoms with Gasteiger partial charge in [-0.15, -0.1) is 12.4 Å². The molecule has 1 aromatic carbocycles. The molecule has 0 bridgehead atoms. The molecule has 0 amide bonds. The Hall–Kier alpha value is -3.62. The minimum absolute atomic E-state index is 0. The number of aromatic nitrogens is 4. The summed E-state index contributed by atoms with van der Waals surface area (Å²) in [6.07, 6.45) is 8.89. The highest BCUT2D eigenvalue weighted by Crippen LogP contribution is 2.27. The van der Waals surface area contributed by atoms with Gasteiger partial charge >= 0.3 is 5.97 Å². The molecule has 176 valence electrons. The Bertz CT molecular complexity index is 1240. The van der Waals surface area contributed by atoms with Crippen LogP contribution in [0.3, 0.4) is 0 Å². The molecule has 1 aliphatic heterocycles. The fourth-order valence-corrected chi connectivity index (χ4v) is 3.66. The van der Waals surface area contributed by atoms with E-state index in [1.54, 1.807) is 36.8 Å². The van der Waals surface area contributed by atoms with Gasteiger partial charge in [0, 0.05) is 41.4 Å². The molecule has 4 heterocycles. The van der Waals surface area contributed by atoms with E-state index < -0.39 is 5.97 Å². The molecule has 0 radical (unpaired) electrons. The second-order valence-corrected chi connectivity index (χ2v) is 7.65. The molecule has 1 fully saturated rings. The van der Waals surface area contributed by atoms with Crippen molar-refractivity contribution in [3.63, 3.8) is 0 Å². The Morgan fingerprint density at radius 1 is 0.971 bits per heavy atom. The smallest absolute Gasteiger partial charge is 0.355 e. The van der Waals surface area contributed by atoms with Crippen LogP contribution in [0.2, 0.25) is 0 Å². The van der Waals surface area contributed by atoms with Gasteiger partial charge in [0.05, 0.1) is 0 Å². The van der Waals surface area contributed by atoms with Crippen LogP contribution in [0.15, 0.2) is 67.3 Å². The molecule has 4 aromatic rings. The molecular weight excluding hydrogens is 454 g/mol. The summed E-state index contributed by atoms with van der Waals surface area (Å²) in [6, 6.07) is 13.0. The van der Waals surface area contributed by atoms with Gasteiger partial charge in [-0.05, 0) is 56.4 Å². The fourth-order valence-electron chi connectivity index (χ4n) is 3.66. The predicted molar refractivity (Wildman–Crippen MR) is 132 cm³/mol. The van der Waals surface area contributed by atoms with E-state index in [-0.39, 0.29) is 24.2 Å². The van der Waals surface area contributed by atoms with E-state index in [9.17, 15) is 4.79 Å². The van der Waals surface area contributed by atoms with E-state index in [1.807, 2.05) is 31.2 Å². The first-order valence-corrected chi connectivity index (χ1v) is 10.8. The second kappa shape index (κ2) is 12.0. The van der Waals surface area contributed by atoms with Crippen molar-refractivity contribution in [2.45, 2.75) is 25.9 Å². The van der Waals surface area contributed by atoms with Gasteiger partial charge in [-0.1, -0.05) is 24.3 Å². The summed E-state index contributed by atoms with van der Waals surface area (Å²) >= 11 is 0. The first-order chi connectivity index (χ1) is 16.1. The Morgan fingerprint density at radius 3 is 2.47 bits per heavy atom. The highest BCUT2D eigenvalue weighted by Gasteiger charge is 2.18. The maximum Gasteiger partial charge on any atom is 0.355 e. The number of hydrogen-bond donors (Lipinski definition) is 2. The number of nitrogens with zero attached hydrogens (tertiary/aromatic N) is 4. The van der Waals surface area contributed by atoms with E-state index in [0.29, 0.717) is 11.3 Å². The Morgan fingerprint density at radius 2 is 1.71 bits per heavy atom. The summed E-state index contributed by atoms with van der Waals surface area (Å²) in [5.74, 6) is -0.373. The number of hydrogen-bond acceptors (Lipinski definition) is 7. The topological polar surface area (TPSA) is 110 Å². The molecule has 0 spiro atoms. The predicted octanol–water partition coefficient (Wildman–Crippen LogP) is 4.33. The molecular formula is C25H26ClN5O3. The first kappa shape index (κ1) is 25.0. The fraction of sp³-hybridized carbons (Fsp3) is 0.240. The standard InChI is InChI=1S/C15H18N4O.C10H7NO2.ClH/c1-11-10-12(2-7-17-11)14-15(19-9-8-18-14)20-13-3-5-16-6-4-13;12-10(13)9-8-4-2-1-3-7(8)5-6-11-9;/h2,7-10,13,16H,3-6H2,1H3;1-6H,(H,12,13);1H. The van der Waals surface area contributed by atoms with Crippen molar-refractivity contribution in [1.82, 2.24) is 25.3 Å². The van der Waals surface area contributed by atoms with E-state index >= 15 is 0 Å². The quantitative estimate of drug-likeness (QED) is 0.445. The minimum atomic E-state index is -0.989. The largest absolute Gasteiger partial charge is 0.476 e. The number of fused-ring (bicyclic) bond motifs is 1. The number of pyridine rings is 2. The zero-order valence-corrected chi connectivity index (χ0v) is 19.5. The number of carboxylic acids is 1. The maximum absolute atomic E-state index is 10.8. The summed E-state index contributed by atoms with van der Waals surface area (Å²) < 4.78 is 6.05. The summed E-state index contributed by atoms with van der Waals surface area (Å²) in [6.45, 7) is 3.95. The third kappa shape index (κ3) is 6.24. The molecule has 0 aliphatic carbocycles. The number of halogens is 1. The number of carboxylic acid groups (broad SMARTS) is 1. The second-order valence-electron chi connectivity index (χ2n) is 7.65. The van der Waals surface area contributed by atoms with Crippen molar-refractivity contribution in [1.29, 1.82) is 0 Å². The van der Waals surface area contributed by atoms with Crippen LogP contribution in [-0.2, 0) is 0 Å². The van der Waals surface area contributed by atoms with Crippen LogP contribution in [-0.4, -0.2) is 50.2 Å². The van der Waals surface area contributed by atoms with Gasteiger partial charge in [0.2, 0.25) is 5.88 Å². The van der Waals surface area contributed by atoms with Crippen LogP contribution in [0.5, 0.6) is 5.88 Å². The molecule has 0 atom stereocenters. The monoisotopic (exact) mass is 479 g/mol. The summed E-state index contributed by atoms with van der Waals surface area (Å²) in [7, 11) is 0. The number of aryl methyl sites for hydroxylation is 1. The summed E-state index contributed by atoms with van der Waals surface area (Å²) in [5, 5.41) is 13.7. The van der Waals surface area contributed by atoms with Gasteiger partial charge in [0.25, 0.3) is 0 Å². The lowest BCUT2D eigenvalue weighted by Gasteiger charge is -2.23. The third-order valence-electron chi connectivity index (χ3n) is 5.28. The molecule has 1 aliphatic rings. The van der Waals surface area contributed by atoms with Crippen LogP contribution in [0.1, 0.15) is 29.0 Å². The van der Waals surface area contributed by atoms with Gasteiger partial charge in [-0.2, -0.15) is 0 Å². The Kier molecular flexibility index (Phi) is 8.84. The van der Waals surface area contributed by atoms with Crippen molar-refractivity contribution in [3.05, 3.63) is 78.6 Å². The number of benzene rings is 1. The van der Waals surface area contributed by atoms with E-state index in [1.165, 1.54) is 6.20 Å². The maximum atomic E-state index is 10.8. The molecule has 0 saturated carbocycles. The average Bonchev–Trinajstić information content (AvgIpc) is 2.85. The van der Waals surface area contributed by atoms with Gasteiger partial charge in [0.1, 0.15) is 11.8 Å². The zero-order valence-electron chi connectivity index (χ0n) is 18.7. The van der Waals surface area contributed by atoms with E-state index in [4.69, 9.17) is 9.84 Å². The van der Waals surface area contributed by atoms with Crippen molar-refractivity contribution < 1.29 is 14.6 Å². The van der Waals surface area contributed by atoms with E-state index in [2.05, 4.69) is 25.3 Å². The average molecular weight is 480 g/mol. The number of ether oxygens (including phenoxy) is 1. The van der Waals surface area contributed by atoms with Gasteiger partial charge in [0.15, 0.2) is 5.69 Å². The number of carbonyl (C=O) groups is 1. The lowest BCUT2D eigenvalue weighted by Crippen LogP contribution is -2.34. The molecule has 0 unspecified atom stereocenters. The Balaban J connectivity index is 0.000000201. The molecule has 2 N–H and O–H groups in total. The van der Waals surface area contributed by atoms with Crippen LogP contribution in [0, 0.1) is 6.92 Å². The number of piperidine rings is 1. The highest BCUT2D eigenvalue weighted by molar-refractivity contribution is 6.01. The third-order valence-corrected chi connectivity index (χ3v) is 5.28. The lowest BCUT2D eigenvalue weighted by atomic mass is 10.1. The molecule has 34 heavy (non-hydrogen) atoms. The molecule has 5 rings (SSSR count). The molecule has 3 aromatic heterocycles. The normalized spacial score (nSPS) is 13.3. The van der Waals surface area contributed by atoms with Crippen molar-refractivity contribution in [3.8, 4) is 17.1 Å². The summed E-state index contributed by atoms with van der Waals surface area (Å²) in [4.78, 5) is 27.6. The number of aromatic carboxylic acids is 1. The number of rotatable bonds is 4. The minimum Gasteiger partial charge on any atom is -0.476 e. The summed E-state index contributed by atoms with van der Waals surface area (Å²) in [5.41, 5.74) is 2.85. The van der Waals surface area contributed by atoms with Gasteiger partial charge < -0.3 is 15.2 Å². The van der Waals surface area contributed by atoms with Crippen molar-refractivity contribution in [2.75, 3.05) is 13.1 Å². The Labute approximate surface area is 203 Å². The van der Waals surface area contributed by atoms with Crippen LogP contribution in [0.25, 0.3) is 22.0 Å². The van der Waals surface area contributed by atoms with Crippen molar-refractivity contribution in [2.24, 2.45) is 0 Å².